The second-order valence-corrected chi connectivity index (χ2v) is 4.17. The Bertz CT molecular complexity index is 605. The van der Waals surface area contributed by atoms with Crippen molar-refractivity contribution < 1.29 is 13.5 Å². The number of nitrogens with zero attached hydrogens (tertiary/aromatic N) is 1. The molecule has 0 atom stereocenters. The first-order valence-corrected chi connectivity index (χ1v) is 6.12. The van der Waals surface area contributed by atoms with Gasteiger partial charge in [0, 0.05) is 5.56 Å². The van der Waals surface area contributed by atoms with E-state index in [1.165, 1.54) is 12.3 Å². The molecule has 0 aliphatic rings. The van der Waals surface area contributed by atoms with Crippen molar-refractivity contribution in [3.8, 4) is 5.75 Å². The SMILES string of the molecule is FC(F)Oc1ccccc1C=NNc1ccccc1Cl. The standard InChI is InChI=1S/C14H11ClF2N2O/c15-11-6-2-3-7-12(11)19-18-9-10-5-1-4-8-13(10)20-14(16)17/h1-9,14,19H. The van der Waals surface area contributed by atoms with Crippen LogP contribution in [-0.2, 0) is 0 Å². The van der Waals surface area contributed by atoms with Crippen molar-refractivity contribution in [1.82, 2.24) is 0 Å². The summed E-state index contributed by atoms with van der Waals surface area (Å²) in [7, 11) is 0. The van der Waals surface area contributed by atoms with Gasteiger partial charge < -0.3 is 4.74 Å². The van der Waals surface area contributed by atoms with Crippen molar-refractivity contribution >= 4 is 23.5 Å². The minimum atomic E-state index is -2.87. The molecular weight excluding hydrogens is 286 g/mol. The number of hydrogen-bond acceptors (Lipinski definition) is 3. The van der Waals surface area contributed by atoms with Gasteiger partial charge in [-0.2, -0.15) is 13.9 Å². The number of nitrogens with one attached hydrogen (secondary N) is 1. The van der Waals surface area contributed by atoms with E-state index in [1.807, 2.05) is 0 Å². The number of alkyl halides is 2. The Hall–Kier alpha value is -2.14. The number of para-hydroxylation sites is 2. The third-order valence-corrected chi connectivity index (χ3v) is 2.73. The fourth-order valence-corrected chi connectivity index (χ4v) is 1.69. The van der Waals surface area contributed by atoms with Crippen molar-refractivity contribution in [3.63, 3.8) is 0 Å². The highest BCUT2D eigenvalue weighted by atomic mass is 35.5. The maximum Gasteiger partial charge on any atom is 0.387 e. The van der Waals surface area contributed by atoms with Crippen molar-refractivity contribution in [2.75, 3.05) is 5.43 Å². The molecule has 2 rings (SSSR count). The first kappa shape index (κ1) is 14.3. The third kappa shape index (κ3) is 3.93. The highest BCUT2D eigenvalue weighted by Gasteiger charge is 2.07. The van der Waals surface area contributed by atoms with E-state index in [4.69, 9.17) is 11.6 Å². The summed E-state index contributed by atoms with van der Waals surface area (Å²) in [6.07, 6.45) is 1.39. The molecule has 0 aliphatic heterocycles. The fourth-order valence-electron chi connectivity index (χ4n) is 1.51. The van der Waals surface area contributed by atoms with E-state index >= 15 is 0 Å². The molecule has 0 saturated carbocycles. The van der Waals surface area contributed by atoms with Gasteiger partial charge in [0.15, 0.2) is 0 Å². The first-order chi connectivity index (χ1) is 9.66. The quantitative estimate of drug-likeness (QED) is 0.656. The van der Waals surface area contributed by atoms with Gasteiger partial charge in [0.2, 0.25) is 0 Å². The van der Waals surface area contributed by atoms with E-state index in [9.17, 15) is 8.78 Å². The smallest absolute Gasteiger partial charge is 0.387 e. The zero-order chi connectivity index (χ0) is 14.4. The molecule has 1 N–H and O–H groups in total. The maximum atomic E-state index is 12.2. The Morgan fingerprint density at radius 2 is 1.80 bits per heavy atom. The monoisotopic (exact) mass is 296 g/mol. The van der Waals surface area contributed by atoms with E-state index in [2.05, 4.69) is 15.3 Å². The van der Waals surface area contributed by atoms with Crippen LogP contribution < -0.4 is 10.2 Å². The Morgan fingerprint density at radius 3 is 2.55 bits per heavy atom. The van der Waals surface area contributed by atoms with E-state index < -0.39 is 6.61 Å². The lowest BCUT2D eigenvalue weighted by Gasteiger charge is -2.07. The van der Waals surface area contributed by atoms with Crippen LogP contribution in [0.2, 0.25) is 5.02 Å². The molecule has 0 bridgehead atoms. The molecule has 0 aromatic heterocycles. The molecule has 2 aromatic rings. The van der Waals surface area contributed by atoms with E-state index in [1.54, 1.807) is 42.5 Å². The average molecular weight is 297 g/mol. The van der Waals surface area contributed by atoms with Crippen LogP contribution in [-0.4, -0.2) is 12.8 Å². The Balaban J connectivity index is 2.10. The summed E-state index contributed by atoms with van der Waals surface area (Å²) in [6, 6.07) is 13.4. The average Bonchev–Trinajstić information content (AvgIpc) is 2.42. The van der Waals surface area contributed by atoms with Gasteiger partial charge in [-0.3, -0.25) is 5.43 Å². The molecule has 3 nitrogen and oxygen atoms in total. The predicted molar refractivity (Wildman–Crippen MR) is 75.7 cm³/mol. The van der Waals surface area contributed by atoms with Gasteiger partial charge in [-0.1, -0.05) is 35.9 Å². The van der Waals surface area contributed by atoms with E-state index in [0.29, 0.717) is 16.3 Å². The van der Waals surface area contributed by atoms with Crippen molar-refractivity contribution in [1.29, 1.82) is 0 Å². The molecule has 0 aliphatic carbocycles. The fraction of sp³-hybridized carbons (Fsp3) is 0.0714. The number of rotatable bonds is 5. The van der Waals surface area contributed by atoms with E-state index in [-0.39, 0.29) is 5.75 Å². The summed E-state index contributed by atoms with van der Waals surface area (Å²) in [4.78, 5) is 0. The number of anilines is 1. The van der Waals surface area contributed by atoms with Crippen molar-refractivity contribution in [3.05, 3.63) is 59.1 Å². The van der Waals surface area contributed by atoms with Gasteiger partial charge in [0.05, 0.1) is 16.9 Å². The summed E-state index contributed by atoms with van der Waals surface area (Å²) in [5, 5.41) is 4.47. The van der Waals surface area contributed by atoms with Gasteiger partial charge in [-0.25, -0.2) is 0 Å². The second kappa shape index (κ2) is 6.86. The minimum absolute atomic E-state index is 0.0622. The molecule has 0 spiro atoms. The van der Waals surface area contributed by atoms with Gasteiger partial charge in [-0.05, 0) is 24.3 Å². The van der Waals surface area contributed by atoms with Crippen LogP contribution in [0.5, 0.6) is 5.75 Å². The highest BCUT2D eigenvalue weighted by molar-refractivity contribution is 6.33. The van der Waals surface area contributed by atoms with Gasteiger partial charge >= 0.3 is 6.61 Å². The normalized spacial score (nSPS) is 11.0. The summed E-state index contributed by atoms with van der Waals surface area (Å²) in [6.45, 7) is -2.87. The second-order valence-electron chi connectivity index (χ2n) is 3.77. The molecule has 0 radical (unpaired) electrons. The van der Waals surface area contributed by atoms with Crippen molar-refractivity contribution in [2.45, 2.75) is 6.61 Å². The van der Waals surface area contributed by atoms with Crippen molar-refractivity contribution in [2.24, 2.45) is 5.10 Å². The number of hydrazone groups is 1. The molecule has 6 heteroatoms. The van der Waals surface area contributed by atoms with Gasteiger partial charge in [0.1, 0.15) is 5.75 Å². The molecule has 0 heterocycles. The Labute approximate surface area is 119 Å². The molecule has 0 saturated heterocycles. The zero-order valence-corrected chi connectivity index (χ0v) is 11.0. The summed E-state index contributed by atoms with van der Waals surface area (Å²) < 4.78 is 28.9. The van der Waals surface area contributed by atoms with Crippen LogP contribution in [0.3, 0.4) is 0 Å². The highest BCUT2D eigenvalue weighted by Crippen LogP contribution is 2.21. The molecule has 20 heavy (non-hydrogen) atoms. The largest absolute Gasteiger partial charge is 0.434 e. The number of hydrogen-bond donors (Lipinski definition) is 1. The Kier molecular flexibility index (Phi) is 4.90. The molecule has 0 unspecified atom stereocenters. The van der Waals surface area contributed by atoms with Gasteiger partial charge in [0.25, 0.3) is 0 Å². The molecule has 0 amide bonds. The van der Waals surface area contributed by atoms with Crippen LogP contribution in [0.1, 0.15) is 5.56 Å². The van der Waals surface area contributed by atoms with Crippen LogP contribution >= 0.6 is 11.6 Å². The van der Waals surface area contributed by atoms with E-state index in [0.717, 1.165) is 0 Å². The maximum absolute atomic E-state index is 12.2. The molecular formula is C14H11ClF2N2O. The Morgan fingerprint density at radius 1 is 1.10 bits per heavy atom. The summed E-state index contributed by atoms with van der Waals surface area (Å²) >= 11 is 5.95. The van der Waals surface area contributed by atoms with Crippen LogP contribution in [0, 0.1) is 0 Å². The lowest BCUT2D eigenvalue weighted by molar-refractivity contribution is -0.0499. The number of ether oxygens (including phenoxy) is 1. The van der Waals surface area contributed by atoms with Crippen LogP contribution in [0.25, 0.3) is 0 Å². The zero-order valence-electron chi connectivity index (χ0n) is 10.3. The molecule has 2 aromatic carbocycles. The minimum Gasteiger partial charge on any atom is -0.434 e. The molecule has 104 valence electrons. The lowest BCUT2D eigenvalue weighted by atomic mass is 10.2. The topological polar surface area (TPSA) is 33.6 Å². The van der Waals surface area contributed by atoms with Crippen LogP contribution in [0.4, 0.5) is 14.5 Å². The van der Waals surface area contributed by atoms with Gasteiger partial charge in [-0.15, -0.1) is 0 Å². The van der Waals surface area contributed by atoms with Crippen LogP contribution in [0.15, 0.2) is 53.6 Å². The summed E-state index contributed by atoms with van der Waals surface area (Å²) in [5.74, 6) is 0.0622. The lowest BCUT2D eigenvalue weighted by Crippen LogP contribution is -2.04. The first-order valence-electron chi connectivity index (χ1n) is 5.74. The summed E-state index contributed by atoms with van der Waals surface area (Å²) in [5.41, 5.74) is 3.80. The third-order valence-electron chi connectivity index (χ3n) is 2.40. The number of halogens is 3. The number of benzene rings is 2. The molecule has 0 fully saturated rings. The predicted octanol–water partition coefficient (Wildman–Crippen LogP) is 4.39.